The molecule has 0 aliphatic rings. The van der Waals surface area contributed by atoms with E-state index in [2.05, 4.69) is 41.3 Å². The van der Waals surface area contributed by atoms with Crippen LogP contribution in [0.2, 0.25) is 0 Å². The molecule has 0 saturated heterocycles. The van der Waals surface area contributed by atoms with Gasteiger partial charge in [0.1, 0.15) is 0 Å². The highest BCUT2D eigenvalue weighted by atomic mass is 79.9. The second-order valence-electron chi connectivity index (χ2n) is 3.60. The van der Waals surface area contributed by atoms with Crippen LogP contribution in [0.3, 0.4) is 0 Å². The highest BCUT2D eigenvalue weighted by Crippen LogP contribution is 2.33. The van der Waals surface area contributed by atoms with E-state index in [1.54, 1.807) is 12.1 Å². The van der Waals surface area contributed by atoms with Crippen molar-refractivity contribution in [3.05, 3.63) is 21.1 Å². The first kappa shape index (κ1) is 16.3. The van der Waals surface area contributed by atoms with E-state index in [1.807, 2.05) is 0 Å². The maximum absolute atomic E-state index is 11.8. The van der Waals surface area contributed by atoms with E-state index >= 15 is 0 Å². The SMILES string of the molecule is COC(=O)CCS(=O)(=O)Nc1c(N)cc(Br)cc1Br. The van der Waals surface area contributed by atoms with Crippen molar-refractivity contribution < 1.29 is 17.9 Å². The van der Waals surface area contributed by atoms with Crippen molar-refractivity contribution in [3.8, 4) is 0 Å². The Morgan fingerprint density at radius 2 is 2.05 bits per heavy atom. The molecule has 1 aromatic carbocycles. The molecule has 0 amide bonds. The number of anilines is 2. The van der Waals surface area contributed by atoms with E-state index in [1.165, 1.54) is 7.11 Å². The number of carbonyl (C=O) groups is 1. The topological polar surface area (TPSA) is 98.5 Å². The fourth-order valence-electron chi connectivity index (χ4n) is 1.23. The summed E-state index contributed by atoms with van der Waals surface area (Å²) in [7, 11) is -2.47. The number of rotatable bonds is 5. The zero-order valence-electron chi connectivity index (χ0n) is 9.94. The molecule has 0 saturated carbocycles. The molecule has 0 aromatic heterocycles. The second-order valence-corrected chi connectivity index (χ2v) is 7.21. The zero-order valence-corrected chi connectivity index (χ0v) is 13.9. The van der Waals surface area contributed by atoms with Crippen LogP contribution >= 0.6 is 31.9 Å². The largest absolute Gasteiger partial charge is 0.469 e. The van der Waals surface area contributed by atoms with Crippen molar-refractivity contribution in [2.75, 3.05) is 23.3 Å². The molecule has 0 atom stereocenters. The summed E-state index contributed by atoms with van der Waals surface area (Å²) in [4.78, 5) is 10.9. The van der Waals surface area contributed by atoms with Gasteiger partial charge in [-0.25, -0.2) is 8.42 Å². The molecule has 0 bridgehead atoms. The van der Waals surface area contributed by atoms with Crippen LogP contribution in [0.4, 0.5) is 11.4 Å². The molecule has 0 aliphatic heterocycles. The molecule has 106 valence electrons. The molecule has 0 aliphatic carbocycles. The van der Waals surface area contributed by atoms with Gasteiger partial charge in [-0.15, -0.1) is 0 Å². The van der Waals surface area contributed by atoms with Gasteiger partial charge in [0.25, 0.3) is 0 Å². The summed E-state index contributed by atoms with van der Waals surface area (Å²) in [5, 5.41) is 0. The summed E-state index contributed by atoms with van der Waals surface area (Å²) in [6.07, 6.45) is -0.222. The van der Waals surface area contributed by atoms with Crippen molar-refractivity contribution in [1.82, 2.24) is 0 Å². The smallest absolute Gasteiger partial charge is 0.306 e. The Balaban J connectivity index is 2.87. The molecule has 0 spiro atoms. The van der Waals surface area contributed by atoms with Gasteiger partial charge in [0.05, 0.1) is 30.7 Å². The van der Waals surface area contributed by atoms with E-state index in [9.17, 15) is 13.2 Å². The average Bonchev–Trinajstić information content (AvgIpc) is 2.31. The second kappa shape index (κ2) is 6.58. The zero-order chi connectivity index (χ0) is 14.6. The summed E-state index contributed by atoms with van der Waals surface area (Å²) in [6.45, 7) is 0. The average molecular weight is 416 g/mol. The molecule has 6 nitrogen and oxygen atoms in total. The van der Waals surface area contributed by atoms with Crippen molar-refractivity contribution >= 4 is 59.2 Å². The van der Waals surface area contributed by atoms with E-state index < -0.39 is 16.0 Å². The van der Waals surface area contributed by atoms with E-state index in [-0.39, 0.29) is 23.5 Å². The van der Waals surface area contributed by atoms with E-state index in [0.29, 0.717) is 4.47 Å². The molecule has 0 heterocycles. The molecule has 19 heavy (non-hydrogen) atoms. The third-order valence-corrected chi connectivity index (χ3v) is 4.49. The predicted molar refractivity (Wildman–Crippen MR) is 80.3 cm³/mol. The highest BCUT2D eigenvalue weighted by Gasteiger charge is 2.17. The highest BCUT2D eigenvalue weighted by molar-refractivity contribution is 9.11. The van der Waals surface area contributed by atoms with Crippen LogP contribution in [0.5, 0.6) is 0 Å². The van der Waals surface area contributed by atoms with Crippen LogP contribution < -0.4 is 10.5 Å². The Labute approximate surface area is 128 Å². The first-order valence-electron chi connectivity index (χ1n) is 5.07. The molecule has 1 rings (SSSR count). The predicted octanol–water partition coefficient (Wildman–Crippen LogP) is 2.10. The minimum Gasteiger partial charge on any atom is -0.469 e. The number of benzene rings is 1. The molecule has 0 unspecified atom stereocenters. The number of hydrogen-bond donors (Lipinski definition) is 2. The molecule has 0 radical (unpaired) electrons. The monoisotopic (exact) mass is 414 g/mol. The summed E-state index contributed by atoms with van der Waals surface area (Å²) >= 11 is 6.45. The van der Waals surface area contributed by atoms with Gasteiger partial charge in [0, 0.05) is 8.95 Å². The van der Waals surface area contributed by atoms with Gasteiger partial charge in [-0.05, 0) is 28.1 Å². The van der Waals surface area contributed by atoms with E-state index in [0.717, 1.165) is 4.47 Å². The number of halogens is 2. The number of esters is 1. The standard InChI is InChI=1S/C10H12Br2N2O4S/c1-18-9(15)2-3-19(16,17)14-10-7(12)4-6(11)5-8(10)13/h4-5,14H,2-3,13H2,1H3. The van der Waals surface area contributed by atoms with Crippen molar-refractivity contribution in [3.63, 3.8) is 0 Å². The summed E-state index contributed by atoms with van der Waals surface area (Å²) in [5.74, 6) is -0.963. The lowest BCUT2D eigenvalue weighted by atomic mass is 10.3. The molecule has 9 heteroatoms. The normalized spacial score (nSPS) is 11.1. The van der Waals surface area contributed by atoms with Gasteiger partial charge < -0.3 is 10.5 Å². The Morgan fingerprint density at radius 3 is 2.58 bits per heavy atom. The molecular weight excluding hydrogens is 404 g/mol. The number of nitrogen functional groups attached to an aromatic ring is 1. The molecule has 0 fully saturated rings. The van der Waals surface area contributed by atoms with Crippen molar-refractivity contribution in [1.29, 1.82) is 0 Å². The van der Waals surface area contributed by atoms with Gasteiger partial charge in [-0.1, -0.05) is 15.9 Å². The van der Waals surface area contributed by atoms with Gasteiger partial charge in [0.15, 0.2) is 0 Å². The minimum atomic E-state index is -3.67. The van der Waals surface area contributed by atoms with Crippen LogP contribution in [0.25, 0.3) is 0 Å². The molecule has 3 N–H and O–H groups in total. The quantitative estimate of drug-likeness (QED) is 0.566. The van der Waals surface area contributed by atoms with Gasteiger partial charge in [0.2, 0.25) is 10.0 Å². The number of carbonyl (C=O) groups excluding carboxylic acids is 1. The lowest BCUT2D eigenvalue weighted by Gasteiger charge is -2.12. The van der Waals surface area contributed by atoms with Gasteiger partial charge >= 0.3 is 5.97 Å². The Morgan fingerprint density at radius 1 is 1.42 bits per heavy atom. The fourth-order valence-corrected chi connectivity index (χ4v) is 3.79. The van der Waals surface area contributed by atoms with Crippen LogP contribution in [-0.2, 0) is 19.6 Å². The van der Waals surface area contributed by atoms with Crippen molar-refractivity contribution in [2.45, 2.75) is 6.42 Å². The number of nitrogens with one attached hydrogen (secondary N) is 1. The van der Waals surface area contributed by atoms with Crippen LogP contribution in [-0.4, -0.2) is 27.2 Å². The first-order chi connectivity index (χ1) is 8.75. The third kappa shape index (κ3) is 5.00. The first-order valence-corrected chi connectivity index (χ1v) is 8.31. The maximum Gasteiger partial charge on any atom is 0.306 e. The number of nitrogens with two attached hydrogens (primary N) is 1. The Kier molecular flexibility index (Phi) is 5.63. The van der Waals surface area contributed by atoms with Crippen molar-refractivity contribution in [2.24, 2.45) is 0 Å². The summed E-state index contributed by atoms with van der Waals surface area (Å²) < 4.78 is 31.5. The minimum absolute atomic E-state index is 0.222. The lowest BCUT2D eigenvalue weighted by Crippen LogP contribution is -2.20. The van der Waals surface area contributed by atoms with Crippen LogP contribution in [0.1, 0.15) is 6.42 Å². The Hall–Kier alpha value is -0.800. The molecule has 1 aromatic rings. The van der Waals surface area contributed by atoms with Gasteiger partial charge in [-0.2, -0.15) is 0 Å². The number of sulfonamides is 1. The maximum atomic E-state index is 11.8. The van der Waals surface area contributed by atoms with E-state index in [4.69, 9.17) is 5.73 Å². The Bertz CT molecular complexity index is 566. The summed E-state index contributed by atoms with van der Waals surface area (Å²) in [5.41, 5.74) is 6.24. The number of ether oxygens (including phenoxy) is 1. The lowest BCUT2D eigenvalue weighted by molar-refractivity contribution is -0.140. The number of hydrogen-bond acceptors (Lipinski definition) is 5. The van der Waals surface area contributed by atoms with Crippen LogP contribution in [0.15, 0.2) is 21.1 Å². The molecular formula is C10H12Br2N2O4S. The third-order valence-electron chi connectivity index (χ3n) is 2.15. The van der Waals surface area contributed by atoms with Gasteiger partial charge in [-0.3, -0.25) is 9.52 Å². The fraction of sp³-hybridized carbons (Fsp3) is 0.300. The van der Waals surface area contributed by atoms with Crippen LogP contribution in [0, 0.1) is 0 Å². The number of methoxy groups -OCH3 is 1. The summed E-state index contributed by atoms with van der Waals surface area (Å²) in [6, 6.07) is 3.23.